The van der Waals surface area contributed by atoms with Gasteiger partial charge in [0, 0.05) is 18.5 Å². The Kier molecular flexibility index (Phi) is 6.42. The number of amides is 1. The lowest BCUT2D eigenvalue weighted by Crippen LogP contribution is -2.35. The Hall–Kier alpha value is -1.65. The van der Waals surface area contributed by atoms with Gasteiger partial charge in [0.1, 0.15) is 5.82 Å². The van der Waals surface area contributed by atoms with E-state index in [1.165, 1.54) is 0 Å². The fourth-order valence-electron chi connectivity index (χ4n) is 1.91. The number of hydrogen-bond donors (Lipinski definition) is 2. The van der Waals surface area contributed by atoms with Crippen LogP contribution in [0, 0.1) is 0 Å². The van der Waals surface area contributed by atoms with Gasteiger partial charge >= 0.3 is 0 Å². The van der Waals surface area contributed by atoms with Crippen molar-refractivity contribution in [3.63, 3.8) is 0 Å². The minimum atomic E-state index is -0.126. The van der Waals surface area contributed by atoms with E-state index in [9.17, 15) is 4.79 Å². The van der Waals surface area contributed by atoms with Crippen LogP contribution in [0.5, 0.6) is 0 Å². The van der Waals surface area contributed by atoms with Gasteiger partial charge in [-0.05, 0) is 19.8 Å². The number of carbonyl (C=O) groups is 1. The van der Waals surface area contributed by atoms with Crippen molar-refractivity contribution in [2.24, 2.45) is 0 Å². The molecule has 1 aromatic heterocycles. The zero-order valence-corrected chi connectivity index (χ0v) is 13.2. The third-order valence-electron chi connectivity index (χ3n) is 3.23. The predicted octanol–water partition coefficient (Wildman–Crippen LogP) is 2.95. The molecule has 0 radical (unpaired) electrons. The quantitative estimate of drug-likeness (QED) is 0.804. The highest BCUT2D eigenvalue weighted by atomic mass is 16.2. The normalized spacial score (nSPS) is 10.9. The van der Waals surface area contributed by atoms with Gasteiger partial charge in [0.15, 0.2) is 5.69 Å². The summed E-state index contributed by atoms with van der Waals surface area (Å²) >= 11 is 0. The summed E-state index contributed by atoms with van der Waals surface area (Å²) in [5.41, 5.74) is 1.14. The van der Waals surface area contributed by atoms with Gasteiger partial charge in [-0.2, -0.15) is 0 Å². The first-order valence-electron chi connectivity index (χ1n) is 7.45. The first-order chi connectivity index (χ1) is 9.53. The fourth-order valence-corrected chi connectivity index (χ4v) is 1.91. The molecular formula is C15H26N4O. The fraction of sp³-hybridized carbons (Fsp3) is 0.667. The second kappa shape index (κ2) is 7.82. The molecule has 1 rings (SSSR count). The summed E-state index contributed by atoms with van der Waals surface area (Å²) in [6, 6.07) is 0.189. The van der Waals surface area contributed by atoms with Crippen LogP contribution in [0.25, 0.3) is 0 Å². The molecule has 0 saturated heterocycles. The van der Waals surface area contributed by atoms with Crippen LogP contribution in [-0.2, 0) is 0 Å². The molecule has 0 atom stereocenters. The largest absolute Gasteiger partial charge is 0.382 e. The number of nitrogens with zero attached hydrogens (tertiary/aromatic N) is 2. The maximum Gasteiger partial charge on any atom is 0.272 e. The Morgan fingerprint density at radius 2 is 1.90 bits per heavy atom. The van der Waals surface area contributed by atoms with E-state index in [2.05, 4.69) is 34.4 Å². The number of rotatable bonds is 7. The van der Waals surface area contributed by atoms with Crippen molar-refractivity contribution in [2.45, 2.75) is 59.4 Å². The first kappa shape index (κ1) is 16.4. The van der Waals surface area contributed by atoms with Crippen LogP contribution >= 0.6 is 0 Å². The Balaban J connectivity index is 3.04. The van der Waals surface area contributed by atoms with Gasteiger partial charge in [0.25, 0.3) is 5.91 Å². The number of carbonyl (C=O) groups excluding carboxylic acids is 1. The summed E-state index contributed by atoms with van der Waals surface area (Å²) in [5, 5.41) is 6.18. The Morgan fingerprint density at radius 3 is 2.40 bits per heavy atom. The highest BCUT2D eigenvalue weighted by Gasteiger charge is 2.18. The maximum absolute atomic E-state index is 12.4. The summed E-state index contributed by atoms with van der Waals surface area (Å²) in [6.07, 6.45) is 3.54. The van der Waals surface area contributed by atoms with Gasteiger partial charge in [0.05, 0.1) is 11.9 Å². The third kappa shape index (κ3) is 4.18. The smallest absolute Gasteiger partial charge is 0.272 e. The molecule has 20 heavy (non-hydrogen) atoms. The molecule has 5 nitrogen and oxygen atoms in total. The molecule has 0 saturated carbocycles. The van der Waals surface area contributed by atoms with Crippen molar-refractivity contribution in [1.29, 1.82) is 0 Å². The van der Waals surface area contributed by atoms with Crippen LogP contribution in [0.2, 0.25) is 0 Å². The third-order valence-corrected chi connectivity index (χ3v) is 3.23. The molecular weight excluding hydrogens is 252 g/mol. The molecule has 1 amide bonds. The second-order valence-electron chi connectivity index (χ2n) is 5.16. The van der Waals surface area contributed by atoms with Crippen molar-refractivity contribution in [3.05, 3.63) is 17.7 Å². The topological polar surface area (TPSA) is 66.9 Å². The standard InChI is InChI=1S/C15H26N4O/c1-6-11(7-2)18-15(20)13-12(16-8-3)9-17-14(19-13)10(4)5/h9-11,16H,6-8H2,1-5H3,(H,18,20). The number of aromatic nitrogens is 2. The lowest BCUT2D eigenvalue weighted by molar-refractivity contribution is 0.0930. The van der Waals surface area contributed by atoms with Gasteiger partial charge in [-0.15, -0.1) is 0 Å². The molecule has 0 bridgehead atoms. The summed E-state index contributed by atoms with van der Waals surface area (Å²) < 4.78 is 0. The van der Waals surface area contributed by atoms with Crippen molar-refractivity contribution < 1.29 is 4.79 Å². The van der Waals surface area contributed by atoms with Crippen LogP contribution in [0.4, 0.5) is 5.69 Å². The van der Waals surface area contributed by atoms with Crippen LogP contribution in [0.15, 0.2) is 6.20 Å². The molecule has 2 N–H and O–H groups in total. The maximum atomic E-state index is 12.4. The van der Waals surface area contributed by atoms with E-state index in [1.807, 2.05) is 20.8 Å². The monoisotopic (exact) mass is 278 g/mol. The summed E-state index contributed by atoms with van der Waals surface area (Å²) in [5.74, 6) is 0.769. The molecule has 0 fully saturated rings. The van der Waals surface area contributed by atoms with Crippen LogP contribution in [0.1, 0.15) is 69.7 Å². The molecule has 0 aliphatic heterocycles. The highest BCUT2D eigenvalue weighted by Crippen LogP contribution is 2.16. The van der Waals surface area contributed by atoms with Gasteiger partial charge in [-0.3, -0.25) is 4.79 Å². The van der Waals surface area contributed by atoms with Crippen molar-refractivity contribution >= 4 is 11.6 Å². The van der Waals surface area contributed by atoms with Crippen LogP contribution in [0.3, 0.4) is 0 Å². The zero-order chi connectivity index (χ0) is 15.1. The number of anilines is 1. The van der Waals surface area contributed by atoms with Gasteiger partial charge in [-0.25, -0.2) is 9.97 Å². The van der Waals surface area contributed by atoms with E-state index in [0.717, 1.165) is 19.4 Å². The van der Waals surface area contributed by atoms with Crippen molar-refractivity contribution in [2.75, 3.05) is 11.9 Å². The molecule has 1 heterocycles. The Bertz CT molecular complexity index is 441. The Morgan fingerprint density at radius 1 is 1.25 bits per heavy atom. The van der Waals surface area contributed by atoms with E-state index in [0.29, 0.717) is 17.2 Å². The van der Waals surface area contributed by atoms with Gasteiger partial charge in [-0.1, -0.05) is 27.7 Å². The first-order valence-corrected chi connectivity index (χ1v) is 7.45. The molecule has 1 aromatic rings. The molecule has 5 heteroatoms. The summed E-state index contributed by atoms with van der Waals surface area (Å²) in [4.78, 5) is 21.1. The summed E-state index contributed by atoms with van der Waals surface area (Å²) in [6.45, 7) is 10.9. The van der Waals surface area contributed by atoms with Crippen molar-refractivity contribution in [3.8, 4) is 0 Å². The minimum Gasteiger partial charge on any atom is -0.382 e. The molecule has 0 aliphatic carbocycles. The number of nitrogens with one attached hydrogen (secondary N) is 2. The van der Waals surface area contributed by atoms with E-state index < -0.39 is 0 Å². The molecule has 0 aliphatic rings. The second-order valence-corrected chi connectivity index (χ2v) is 5.16. The highest BCUT2D eigenvalue weighted by molar-refractivity contribution is 5.97. The Labute approximate surface area is 121 Å². The summed E-state index contributed by atoms with van der Waals surface area (Å²) in [7, 11) is 0. The lowest BCUT2D eigenvalue weighted by atomic mass is 10.1. The minimum absolute atomic E-state index is 0.126. The molecule has 0 aromatic carbocycles. The number of hydrogen-bond acceptors (Lipinski definition) is 4. The van der Waals surface area contributed by atoms with Gasteiger partial charge in [0.2, 0.25) is 0 Å². The molecule has 0 spiro atoms. The molecule has 0 unspecified atom stereocenters. The van der Waals surface area contributed by atoms with Gasteiger partial charge < -0.3 is 10.6 Å². The van der Waals surface area contributed by atoms with E-state index in [1.54, 1.807) is 6.20 Å². The lowest BCUT2D eigenvalue weighted by Gasteiger charge is -2.17. The van der Waals surface area contributed by atoms with E-state index in [4.69, 9.17) is 0 Å². The van der Waals surface area contributed by atoms with E-state index >= 15 is 0 Å². The van der Waals surface area contributed by atoms with E-state index in [-0.39, 0.29) is 17.9 Å². The average molecular weight is 278 g/mol. The zero-order valence-electron chi connectivity index (χ0n) is 13.2. The van der Waals surface area contributed by atoms with Crippen molar-refractivity contribution in [1.82, 2.24) is 15.3 Å². The SMILES string of the molecule is CCNc1cnc(C(C)C)nc1C(=O)NC(CC)CC. The van der Waals surface area contributed by atoms with Crippen LogP contribution < -0.4 is 10.6 Å². The van der Waals surface area contributed by atoms with Crippen LogP contribution in [-0.4, -0.2) is 28.5 Å². The predicted molar refractivity (Wildman–Crippen MR) is 82.1 cm³/mol. The average Bonchev–Trinajstić information content (AvgIpc) is 2.44. The molecule has 112 valence electrons.